The molecule has 0 spiro atoms. The van der Waals surface area contributed by atoms with E-state index in [1.165, 1.54) is 0 Å². The number of carbonyl (C=O) groups excluding carboxylic acids is 1. The van der Waals surface area contributed by atoms with Gasteiger partial charge < -0.3 is 15.2 Å². The van der Waals surface area contributed by atoms with E-state index in [1.807, 2.05) is 30.0 Å². The number of nitrogen functional groups attached to an aromatic ring is 1. The Bertz CT molecular complexity index is 501. The van der Waals surface area contributed by atoms with Crippen molar-refractivity contribution in [3.63, 3.8) is 0 Å². The molecule has 5 nitrogen and oxygen atoms in total. The summed E-state index contributed by atoms with van der Waals surface area (Å²) in [6, 6.07) is 6.10. The third-order valence-corrected chi connectivity index (χ3v) is 4.08. The van der Waals surface area contributed by atoms with E-state index in [0.29, 0.717) is 23.2 Å². The van der Waals surface area contributed by atoms with Crippen LogP contribution < -0.4 is 11.3 Å². The lowest BCUT2D eigenvalue weighted by molar-refractivity contribution is 0.0782. The fourth-order valence-corrected chi connectivity index (χ4v) is 2.92. The van der Waals surface area contributed by atoms with Gasteiger partial charge in [0.25, 0.3) is 5.91 Å². The second kappa shape index (κ2) is 5.81. The van der Waals surface area contributed by atoms with Gasteiger partial charge in [0.1, 0.15) is 0 Å². The van der Waals surface area contributed by atoms with E-state index in [2.05, 4.69) is 31.3 Å². The van der Waals surface area contributed by atoms with Gasteiger partial charge in [-0.3, -0.25) is 10.6 Å². The van der Waals surface area contributed by atoms with Crippen LogP contribution in [0.3, 0.4) is 0 Å². The summed E-state index contributed by atoms with van der Waals surface area (Å²) in [6.07, 6.45) is 0. The average Bonchev–Trinajstić information content (AvgIpc) is 2.80. The molecule has 5 heteroatoms. The van der Waals surface area contributed by atoms with Gasteiger partial charge in [-0.25, -0.2) is 0 Å². The number of likely N-dealkylation sites (tertiary alicyclic amines) is 1. The van der Waals surface area contributed by atoms with Crippen molar-refractivity contribution in [3.05, 3.63) is 29.3 Å². The van der Waals surface area contributed by atoms with Crippen molar-refractivity contribution in [2.24, 2.45) is 11.8 Å². The van der Waals surface area contributed by atoms with E-state index in [4.69, 9.17) is 5.84 Å². The topological polar surface area (TPSA) is 61.6 Å². The predicted octanol–water partition coefficient (Wildman–Crippen LogP) is 1.30. The zero-order valence-electron chi connectivity index (χ0n) is 12.7. The molecule has 1 aliphatic heterocycles. The third kappa shape index (κ3) is 2.78. The number of hydrogen-bond donors (Lipinski definition) is 2. The fourth-order valence-electron chi connectivity index (χ4n) is 2.92. The summed E-state index contributed by atoms with van der Waals surface area (Å²) in [4.78, 5) is 16.8. The van der Waals surface area contributed by atoms with Crippen molar-refractivity contribution in [2.45, 2.75) is 19.9 Å². The molecule has 0 bridgehead atoms. The molecular weight excluding hydrogens is 252 g/mol. The number of rotatable bonds is 3. The Morgan fingerprint density at radius 1 is 1.40 bits per heavy atom. The van der Waals surface area contributed by atoms with Gasteiger partial charge in [0.15, 0.2) is 0 Å². The highest BCUT2D eigenvalue weighted by molar-refractivity contribution is 5.99. The minimum Gasteiger partial charge on any atom is -0.337 e. The number of amides is 1. The summed E-state index contributed by atoms with van der Waals surface area (Å²) in [7, 11) is 4.13. The van der Waals surface area contributed by atoms with Gasteiger partial charge in [-0.1, -0.05) is 13.0 Å². The molecule has 3 N–H and O–H groups in total. The lowest BCUT2D eigenvalue weighted by atomic mass is 10.1. The van der Waals surface area contributed by atoms with Crippen LogP contribution in [0.1, 0.15) is 22.8 Å². The lowest BCUT2D eigenvalue weighted by Crippen LogP contribution is -2.36. The van der Waals surface area contributed by atoms with Gasteiger partial charge in [0.05, 0.1) is 11.3 Å². The van der Waals surface area contributed by atoms with Gasteiger partial charge in [-0.05, 0) is 44.6 Å². The maximum absolute atomic E-state index is 12.7. The van der Waals surface area contributed by atoms with Crippen LogP contribution in [-0.4, -0.2) is 48.9 Å². The summed E-state index contributed by atoms with van der Waals surface area (Å²) in [5, 5.41) is 0. The highest BCUT2D eigenvalue weighted by atomic mass is 16.2. The molecule has 1 saturated heterocycles. The normalized spacial score (nSPS) is 22.4. The van der Waals surface area contributed by atoms with Crippen molar-refractivity contribution in [3.8, 4) is 0 Å². The van der Waals surface area contributed by atoms with Crippen molar-refractivity contribution < 1.29 is 4.79 Å². The van der Waals surface area contributed by atoms with Crippen LogP contribution in [0.4, 0.5) is 5.69 Å². The first kappa shape index (κ1) is 14.8. The number of nitrogens with two attached hydrogens (primary N) is 1. The SMILES string of the molecule is Cc1ccc(C(=O)N2CC(C)C(N(C)C)C2)c(NN)c1. The van der Waals surface area contributed by atoms with Crippen LogP contribution in [0, 0.1) is 12.8 Å². The first-order valence-electron chi connectivity index (χ1n) is 6.97. The van der Waals surface area contributed by atoms with Gasteiger partial charge >= 0.3 is 0 Å². The van der Waals surface area contributed by atoms with Gasteiger partial charge in [0.2, 0.25) is 0 Å². The standard InChI is InChI=1S/C15H24N4O/c1-10-5-6-12(13(7-10)17-16)15(20)19-8-11(2)14(9-19)18(3)4/h5-7,11,14,17H,8-9,16H2,1-4H3. The van der Waals surface area contributed by atoms with E-state index in [9.17, 15) is 4.79 Å². The van der Waals surface area contributed by atoms with E-state index in [-0.39, 0.29) is 5.91 Å². The Balaban J connectivity index is 2.21. The quantitative estimate of drug-likeness (QED) is 0.645. The van der Waals surface area contributed by atoms with Gasteiger partial charge in [-0.15, -0.1) is 0 Å². The Morgan fingerprint density at radius 2 is 2.10 bits per heavy atom. The van der Waals surface area contributed by atoms with Crippen LogP contribution in [0.15, 0.2) is 18.2 Å². The molecule has 20 heavy (non-hydrogen) atoms. The second-order valence-electron chi connectivity index (χ2n) is 5.91. The van der Waals surface area contributed by atoms with Crippen LogP contribution in [0.5, 0.6) is 0 Å². The van der Waals surface area contributed by atoms with E-state index >= 15 is 0 Å². The molecule has 1 heterocycles. The Kier molecular flexibility index (Phi) is 4.30. The maximum atomic E-state index is 12.7. The molecule has 110 valence electrons. The highest BCUT2D eigenvalue weighted by Gasteiger charge is 2.34. The summed E-state index contributed by atoms with van der Waals surface area (Å²) in [5.41, 5.74) is 5.04. The second-order valence-corrected chi connectivity index (χ2v) is 5.91. The molecule has 0 aliphatic carbocycles. The molecular formula is C15H24N4O. The zero-order valence-corrected chi connectivity index (χ0v) is 12.7. The molecule has 1 fully saturated rings. The van der Waals surface area contributed by atoms with Crippen LogP contribution in [0.25, 0.3) is 0 Å². The van der Waals surface area contributed by atoms with Gasteiger partial charge in [-0.2, -0.15) is 0 Å². The molecule has 2 rings (SSSR count). The van der Waals surface area contributed by atoms with E-state index < -0.39 is 0 Å². The van der Waals surface area contributed by atoms with E-state index in [1.54, 1.807) is 0 Å². The fraction of sp³-hybridized carbons (Fsp3) is 0.533. The van der Waals surface area contributed by atoms with Crippen molar-refractivity contribution >= 4 is 11.6 Å². The molecule has 1 aromatic rings. The van der Waals surface area contributed by atoms with Crippen molar-refractivity contribution in [2.75, 3.05) is 32.6 Å². The van der Waals surface area contributed by atoms with Crippen molar-refractivity contribution in [1.29, 1.82) is 0 Å². The number of likely N-dealkylation sites (N-methyl/N-ethyl adjacent to an activating group) is 1. The van der Waals surface area contributed by atoms with E-state index in [0.717, 1.165) is 18.7 Å². The molecule has 1 aromatic carbocycles. The Hall–Kier alpha value is -1.59. The van der Waals surface area contributed by atoms with Crippen LogP contribution in [0.2, 0.25) is 0 Å². The molecule has 2 unspecified atom stereocenters. The Labute approximate surface area is 120 Å². The number of anilines is 1. The molecule has 1 amide bonds. The predicted molar refractivity (Wildman–Crippen MR) is 81.5 cm³/mol. The number of nitrogens with one attached hydrogen (secondary N) is 1. The number of benzene rings is 1. The maximum Gasteiger partial charge on any atom is 0.256 e. The highest BCUT2D eigenvalue weighted by Crippen LogP contribution is 2.25. The number of carbonyl (C=O) groups is 1. The molecule has 0 radical (unpaired) electrons. The molecule has 0 aromatic heterocycles. The number of hydrogen-bond acceptors (Lipinski definition) is 4. The van der Waals surface area contributed by atoms with Crippen molar-refractivity contribution in [1.82, 2.24) is 9.80 Å². The smallest absolute Gasteiger partial charge is 0.256 e. The number of nitrogens with zero attached hydrogens (tertiary/aromatic N) is 2. The first-order valence-corrected chi connectivity index (χ1v) is 6.97. The minimum absolute atomic E-state index is 0.0501. The molecule has 0 saturated carbocycles. The summed E-state index contributed by atoms with van der Waals surface area (Å²) < 4.78 is 0. The Morgan fingerprint density at radius 3 is 2.65 bits per heavy atom. The third-order valence-electron chi connectivity index (χ3n) is 4.08. The van der Waals surface area contributed by atoms with Crippen LogP contribution in [-0.2, 0) is 0 Å². The lowest BCUT2D eigenvalue weighted by Gasteiger charge is -2.22. The summed E-state index contributed by atoms with van der Waals surface area (Å²) >= 11 is 0. The monoisotopic (exact) mass is 276 g/mol. The van der Waals surface area contributed by atoms with Crippen LogP contribution >= 0.6 is 0 Å². The zero-order chi connectivity index (χ0) is 14.9. The number of aryl methyl sites for hydroxylation is 1. The molecule has 2 atom stereocenters. The van der Waals surface area contributed by atoms with Gasteiger partial charge in [0, 0.05) is 19.1 Å². The number of hydrazine groups is 1. The minimum atomic E-state index is 0.0501. The average molecular weight is 276 g/mol. The molecule has 1 aliphatic rings. The summed E-state index contributed by atoms with van der Waals surface area (Å²) in [6.45, 7) is 5.73. The largest absolute Gasteiger partial charge is 0.337 e. The summed E-state index contributed by atoms with van der Waals surface area (Å²) in [5.74, 6) is 6.06. The first-order chi connectivity index (χ1) is 9.43.